The summed E-state index contributed by atoms with van der Waals surface area (Å²) in [6, 6.07) is 11.0. The van der Waals surface area contributed by atoms with E-state index in [1.54, 1.807) is 0 Å². The fourth-order valence-corrected chi connectivity index (χ4v) is 4.10. The van der Waals surface area contributed by atoms with E-state index in [1.807, 2.05) is 6.07 Å². The molecule has 25 heavy (non-hydrogen) atoms. The SMILES string of the molecule is C[C@@H]1CCCN1CC(=O)N[C@H]1CN(Cc2ccccc2)CC[C@H]1CO. The lowest BCUT2D eigenvalue weighted by atomic mass is 9.92. The number of hydrogen-bond donors (Lipinski definition) is 2. The molecule has 1 amide bonds. The van der Waals surface area contributed by atoms with Crippen LogP contribution >= 0.6 is 0 Å². The van der Waals surface area contributed by atoms with E-state index in [0.717, 1.165) is 32.6 Å². The Morgan fingerprint density at radius 1 is 1.24 bits per heavy atom. The molecular weight excluding hydrogens is 314 g/mol. The molecule has 0 spiro atoms. The Bertz CT molecular complexity index is 551. The number of aliphatic hydroxyl groups excluding tert-OH is 1. The predicted octanol–water partition coefficient (Wildman–Crippen LogP) is 1.47. The Balaban J connectivity index is 1.54. The van der Waals surface area contributed by atoms with Gasteiger partial charge in [0.25, 0.3) is 0 Å². The van der Waals surface area contributed by atoms with Crippen LogP contribution in [0.25, 0.3) is 0 Å². The number of amides is 1. The molecule has 0 bridgehead atoms. The van der Waals surface area contributed by atoms with E-state index in [-0.39, 0.29) is 24.5 Å². The number of aliphatic hydroxyl groups is 1. The summed E-state index contributed by atoms with van der Waals surface area (Å²) in [5.74, 6) is 0.255. The van der Waals surface area contributed by atoms with Crippen LogP contribution < -0.4 is 5.32 Å². The normalized spacial score (nSPS) is 28.2. The number of carbonyl (C=O) groups is 1. The molecule has 3 atom stereocenters. The Hall–Kier alpha value is -1.43. The maximum Gasteiger partial charge on any atom is 0.234 e. The van der Waals surface area contributed by atoms with Crippen LogP contribution in [0.15, 0.2) is 30.3 Å². The van der Waals surface area contributed by atoms with Gasteiger partial charge in [-0.1, -0.05) is 30.3 Å². The number of likely N-dealkylation sites (tertiary alicyclic amines) is 2. The summed E-state index contributed by atoms with van der Waals surface area (Å²) in [7, 11) is 0. The molecule has 2 fully saturated rings. The molecular formula is C20H31N3O2. The largest absolute Gasteiger partial charge is 0.396 e. The molecule has 0 radical (unpaired) electrons. The number of nitrogens with one attached hydrogen (secondary N) is 1. The Morgan fingerprint density at radius 2 is 2.04 bits per heavy atom. The molecule has 1 aromatic rings. The third-order valence-electron chi connectivity index (χ3n) is 5.71. The molecule has 2 saturated heterocycles. The summed E-state index contributed by atoms with van der Waals surface area (Å²) < 4.78 is 0. The van der Waals surface area contributed by atoms with Crippen molar-refractivity contribution in [3.8, 4) is 0 Å². The molecule has 0 unspecified atom stereocenters. The molecule has 0 saturated carbocycles. The minimum absolute atomic E-state index is 0.0351. The van der Waals surface area contributed by atoms with Crippen LogP contribution in [0, 0.1) is 5.92 Å². The van der Waals surface area contributed by atoms with Gasteiger partial charge >= 0.3 is 0 Å². The quantitative estimate of drug-likeness (QED) is 0.820. The Labute approximate surface area is 151 Å². The van der Waals surface area contributed by atoms with Gasteiger partial charge in [0, 0.05) is 37.7 Å². The molecule has 5 nitrogen and oxygen atoms in total. The van der Waals surface area contributed by atoms with E-state index in [4.69, 9.17) is 0 Å². The first-order valence-electron chi connectivity index (χ1n) is 9.56. The van der Waals surface area contributed by atoms with Crippen molar-refractivity contribution in [2.24, 2.45) is 5.92 Å². The van der Waals surface area contributed by atoms with Crippen molar-refractivity contribution >= 4 is 5.91 Å². The van der Waals surface area contributed by atoms with Gasteiger partial charge in [0.05, 0.1) is 6.54 Å². The van der Waals surface area contributed by atoms with Crippen LogP contribution in [0.5, 0.6) is 0 Å². The first kappa shape index (κ1) is 18.4. The van der Waals surface area contributed by atoms with Crippen LogP contribution in [-0.2, 0) is 11.3 Å². The average molecular weight is 345 g/mol. The van der Waals surface area contributed by atoms with Crippen molar-refractivity contribution in [2.45, 2.75) is 44.8 Å². The number of rotatable bonds is 6. The monoisotopic (exact) mass is 345 g/mol. The van der Waals surface area contributed by atoms with E-state index < -0.39 is 0 Å². The highest BCUT2D eigenvalue weighted by Crippen LogP contribution is 2.20. The molecule has 3 rings (SSSR count). The number of carbonyl (C=O) groups excluding carboxylic acids is 1. The molecule has 2 heterocycles. The van der Waals surface area contributed by atoms with Gasteiger partial charge < -0.3 is 10.4 Å². The van der Waals surface area contributed by atoms with Gasteiger partial charge in [-0.3, -0.25) is 14.6 Å². The lowest BCUT2D eigenvalue weighted by molar-refractivity contribution is -0.124. The summed E-state index contributed by atoms with van der Waals surface area (Å²) in [6.07, 6.45) is 3.29. The molecule has 138 valence electrons. The van der Waals surface area contributed by atoms with Crippen molar-refractivity contribution in [2.75, 3.05) is 32.8 Å². The minimum atomic E-state index is 0.0351. The second-order valence-corrected chi connectivity index (χ2v) is 7.59. The molecule has 2 aliphatic rings. The van der Waals surface area contributed by atoms with Gasteiger partial charge in [0.15, 0.2) is 0 Å². The highest BCUT2D eigenvalue weighted by atomic mass is 16.3. The topological polar surface area (TPSA) is 55.8 Å². The van der Waals surface area contributed by atoms with E-state index in [9.17, 15) is 9.90 Å². The standard InChI is InChI=1S/C20H31N3O2/c1-16-6-5-10-23(16)14-20(25)21-19-13-22(11-9-18(19)15-24)12-17-7-3-2-4-8-17/h2-4,7-8,16,18-19,24H,5-6,9-15H2,1H3,(H,21,25)/t16-,18+,19+/m1/s1. The van der Waals surface area contributed by atoms with Gasteiger partial charge in [-0.2, -0.15) is 0 Å². The predicted molar refractivity (Wildman–Crippen MR) is 99.1 cm³/mol. The Morgan fingerprint density at radius 3 is 2.72 bits per heavy atom. The smallest absolute Gasteiger partial charge is 0.234 e. The van der Waals surface area contributed by atoms with Crippen LogP contribution in [0.3, 0.4) is 0 Å². The summed E-state index contributed by atoms with van der Waals surface area (Å²) in [5.41, 5.74) is 1.29. The van der Waals surface area contributed by atoms with Gasteiger partial charge in [-0.25, -0.2) is 0 Å². The van der Waals surface area contributed by atoms with Gasteiger partial charge in [-0.05, 0) is 44.8 Å². The molecule has 0 aliphatic carbocycles. The third-order valence-corrected chi connectivity index (χ3v) is 5.71. The fourth-order valence-electron chi connectivity index (χ4n) is 4.10. The van der Waals surface area contributed by atoms with E-state index >= 15 is 0 Å². The lowest BCUT2D eigenvalue weighted by Crippen LogP contribution is -2.55. The van der Waals surface area contributed by atoms with Crippen molar-refractivity contribution in [1.29, 1.82) is 0 Å². The summed E-state index contributed by atoms with van der Waals surface area (Å²) in [6.45, 7) is 6.51. The van der Waals surface area contributed by atoms with Crippen LogP contribution in [0.2, 0.25) is 0 Å². The zero-order chi connectivity index (χ0) is 17.6. The zero-order valence-electron chi connectivity index (χ0n) is 15.2. The summed E-state index contributed by atoms with van der Waals surface area (Å²) in [5, 5.41) is 12.9. The second kappa shape index (κ2) is 8.79. The van der Waals surface area contributed by atoms with E-state index in [1.165, 1.54) is 18.4 Å². The number of piperidine rings is 1. The second-order valence-electron chi connectivity index (χ2n) is 7.59. The van der Waals surface area contributed by atoms with Crippen molar-refractivity contribution < 1.29 is 9.90 Å². The van der Waals surface area contributed by atoms with E-state index in [2.05, 4.69) is 46.3 Å². The maximum absolute atomic E-state index is 12.5. The molecule has 0 aromatic heterocycles. The van der Waals surface area contributed by atoms with Crippen molar-refractivity contribution in [3.05, 3.63) is 35.9 Å². The van der Waals surface area contributed by atoms with Crippen molar-refractivity contribution in [3.63, 3.8) is 0 Å². The maximum atomic E-state index is 12.5. The van der Waals surface area contributed by atoms with Gasteiger partial charge in [0.2, 0.25) is 5.91 Å². The lowest BCUT2D eigenvalue weighted by Gasteiger charge is -2.38. The van der Waals surface area contributed by atoms with Gasteiger partial charge in [-0.15, -0.1) is 0 Å². The van der Waals surface area contributed by atoms with E-state index in [0.29, 0.717) is 12.6 Å². The zero-order valence-corrected chi connectivity index (χ0v) is 15.2. The molecule has 1 aromatic carbocycles. The minimum Gasteiger partial charge on any atom is -0.396 e. The highest BCUT2D eigenvalue weighted by Gasteiger charge is 2.31. The molecule has 2 N–H and O–H groups in total. The first-order valence-corrected chi connectivity index (χ1v) is 9.56. The molecule has 2 aliphatic heterocycles. The van der Waals surface area contributed by atoms with Gasteiger partial charge in [0.1, 0.15) is 0 Å². The highest BCUT2D eigenvalue weighted by molar-refractivity contribution is 5.78. The number of hydrogen-bond acceptors (Lipinski definition) is 4. The van der Waals surface area contributed by atoms with Crippen LogP contribution in [-0.4, -0.2) is 65.7 Å². The number of benzene rings is 1. The fraction of sp³-hybridized carbons (Fsp3) is 0.650. The van der Waals surface area contributed by atoms with Crippen LogP contribution in [0.1, 0.15) is 31.7 Å². The summed E-state index contributed by atoms with van der Waals surface area (Å²) in [4.78, 5) is 17.1. The average Bonchev–Trinajstić information content (AvgIpc) is 3.01. The molecule has 5 heteroatoms. The number of nitrogens with zero attached hydrogens (tertiary/aromatic N) is 2. The third kappa shape index (κ3) is 5.03. The summed E-state index contributed by atoms with van der Waals surface area (Å²) >= 11 is 0. The van der Waals surface area contributed by atoms with Crippen molar-refractivity contribution in [1.82, 2.24) is 15.1 Å². The first-order chi connectivity index (χ1) is 12.2. The Kier molecular flexibility index (Phi) is 6.45. The van der Waals surface area contributed by atoms with Crippen LogP contribution in [0.4, 0.5) is 0 Å².